The Morgan fingerprint density at radius 3 is 2.54 bits per heavy atom. The zero-order valence-corrected chi connectivity index (χ0v) is 15.5. The largest absolute Gasteiger partial charge is 0.484 e. The van der Waals surface area contributed by atoms with Crippen molar-refractivity contribution in [3.63, 3.8) is 0 Å². The molecule has 0 aliphatic rings. The van der Waals surface area contributed by atoms with Gasteiger partial charge in [0.2, 0.25) is 0 Å². The molecule has 2 aromatic rings. The number of carbonyl (C=O) groups excluding carboxylic acids is 1. The van der Waals surface area contributed by atoms with Crippen molar-refractivity contribution < 1.29 is 9.53 Å². The molecule has 2 rings (SSSR count). The van der Waals surface area contributed by atoms with Crippen molar-refractivity contribution in [3.05, 3.63) is 52.5 Å². The maximum Gasteiger partial charge on any atom is 0.257 e. The van der Waals surface area contributed by atoms with Gasteiger partial charge in [-0.3, -0.25) is 4.79 Å². The number of carbonyl (C=O) groups is 1. The third-order valence-electron chi connectivity index (χ3n) is 3.10. The fourth-order valence-corrected chi connectivity index (χ4v) is 3.01. The van der Waals surface area contributed by atoms with E-state index in [4.69, 9.17) is 27.9 Å². The van der Waals surface area contributed by atoms with Gasteiger partial charge in [-0.2, -0.15) is 0 Å². The molecule has 24 heavy (non-hydrogen) atoms. The summed E-state index contributed by atoms with van der Waals surface area (Å²) < 4.78 is 5.43. The van der Waals surface area contributed by atoms with E-state index in [1.54, 1.807) is 17.8 Å². The van der Waals surface area contributed by atoms with Gasteiger partial charge < -0.3 is 15.4 Å². The third-order valence-corrected chi connectivity index (χ3v) is 4.83. The number of ether oxygens (including phenoxy) is 1. The normalized spacial score (nSPS) is 10.3. The van der Waals surface area contributed by atoms with Crippen LogP contribution in [-0.2, 0) is 4.79 Å². The van der Waals surface area contributed by atoms with Gasteiger partial charge >= 0.3 is 0 Å². The molecule has 0 bridgehead atoms. The van der Waals surface area contributed by atoms with Gasteiger partial charge in [-0.15, -0.1) is 11.8 Å². The SMILES string of the molecule is CNc1ccc(OCC(=O)NCCSc2ccc(Cl)c(Cl)c2)cc1. The Bertz CT molecular complexity index is 681. The standard InChI is InChI=1S/C17H18Cl2N2O2S/c1-20-12-2-4-13(5-3-12)23-11-17(22)21-8-9-24-14-6-7-15(18)16(19)10-14/h2-7,10,20H,8-9,11H2,1H3,(H,21,22). The molecule has 7 heteroatoms. The predicted octanol–water partition coefficient (Wildman–Crippen LogP) is 4.32. The molecule has 0 heterocycles. The summed E-state index contributed by atoms with van der Waals surface area (Å²) in [4.78, 5) is 12.8. The van der Waals surface area contributed by atoms with Crippen LogP contribution in [0.2, 0.25) is 10.0 Å². The summed E-state index contributed by atoms with van der Waals surface area (Å²) in [6.07, 6.45) is 0. The van der Waals surface area contributed by atoms with Gasteiger partial charge in [0.05, 0.1) is 10.0 Å². The van der Waals surface area contributed by atoms with E-state index in [0.717, 1.165) is 16.3 Å². The van der Waals surface area contributed by atoms with Crippen LogP contribution in [0.15, 0.2) is 47.4 Å². The van der Waals surface area contributed by atoms with Crippen LogP contribution in [0.4, 0.5) is 5.69 Å². The molecule has 0 spiro atoms. The van der Waals surface area contributed by atoms with Crippen LogP contribution in [0, 0.1) is 0 Å². The van der Waals surface area contributed by atoms with Crippen LogP contribution in [0.1, 0.15) is 0 Å². The number of rotatable bonds is 8. The van der Waals surface area contributed by atoms with E-state index in [1.165, 1.54) is 0 Å². The maximum absolute atomic E-state index is 11.8. The maximum atomic E-state index is 11.8. The number of benzene rings is 2. The number of hydrogen-bond acceptors (Lipinski definition) is 4. The Morgan fingerprint density at radius 2 is 1.88 bits per heavy atom. The Morgan fingerprint density at radius 1 is 1.12 bits per heavy atom. The van der Waals surface area contributed by atoms with Crippen molar-refractivity contribution in [3.8, 4) is 5.75 Å². The highest BCUT2D eigenvalue weighted by atomic mass is 35.5. The summed E-state index contributed by atoms with van der Waals surface area (Å²) in [5.74, 6) is 1.25. The second-order valence-corrected chi connectivity index (χ2v) is 6.82. The third kappa shape index (κ3) is 6.15. The summed E-state index contributed by atoms with van der Waals surface area (Å²) >= 11 is 13.4. The van der Waals surface area contributed by atoms with Crippen LogP contribution in [0.3, 0.4) is 0 Å². The first-order valence-corrected chi connectivity index (χ1v) is 9.08. The van der Waals surface area contributed by atoms with Crippen molar-refractivity contribution in [2.24, 2.45) is 0 Å². The number of hydrogen-bond donors (Lipinski definition) is 2. The topological polar surface area (TPSA) is 50.4 Å². The van der Waals surface area contributed by atoms with Gasteiger partial charge in [0, 0.05) is 29.9 Å². The molecule has 0 saturated carbocycles. The van der Waals surface area contributed by atoms with E-state index in [2.05, 4.69) is 10.6 Å². The quantitative estimate of drug-likeness (QED) is 0.525. The van der Waals surface area contributed by atoms with E-state index in [9.17, 15) is 4.79 Å². The minimum Gasteiger partial charge on any atom is -0.484 e. The zero-order chi connectivity index (χ0) is 17.4. The Hall–Kier alpha value is -1.56. The van der Waals surface area contributed by atoms with Gasteiger partial charge in [0.25, 0.3) is 5.91 Å². The van der Waals surface area contributed by atoms with Crippen LogP contribution in [0.25, 0.3) is 0 Å². The van der Waals surface area contributed by atoms with Gasteiger partial charge in [-0.25, -0.2) is 0 Å². The van der Waals surface area contributed by atoms with Crippen molar-refractivity contribution in [1.82, 2.24) is 5.32 Å². The lowest BCUT2D eigenvalue weighted by Gasteiger charge is -2.08. The zero-order valence-electron chi connectivity index (χ0n) is 13.1. The Kier molecular flexibility index (Phi) is 7.56. The predicted molar refractivity (Wildman–Crippen MR) is 102 cm³/mol. The second kappa shape index (κ2) is 9.67. The molecule has 0 radical (unpaired) electrons. The number of nitrogens with one attached hydrogen (secondary N) is 2. The van der Waals surface area contributed by atoms with Gasteiger partial charge in [0.15, 0.2) is 6.61 Å². The van der Waals surface area contributed by atoms with E-state index in [0.29, 0.717) is 22.3 Å². The molecular weight excluding hydrogens is 367 g/mol. The van der Waals surface area contributed by atoms with E-state index in [1.807, 2.05) is 43.4 Å². The van der Waals surface area contributed by atoms with Crippen LogP contribution in [-0.4, -0.2) is 31.9 Å². The second-order valence-electron chi connectivity index (χ2n) is 4.84. The van der Waals surface area contributed by atoms with Crippen molar-refractivity contribution in [2.75, 3.05) is 31.3 Å². The Balaban J connectivity index is 1.64. The fraction of sp³-hybridized carbons (Fsp3) is 0.235. The minimum atomic E-state index is -0.151. The van der Waals surface area contributed by atoms with Gasteiger partial charge in [0.1, 0.15) is 5.75 Å². The lowest BCUT2D eigenvalue weighted by atomic mass is 10.3. The highest BCUT2D eigenvalue weighted by molar-refractivity contribution is 7.99. The molecule has 4 nitrogen and oxygen atoms in total. The van der Waals surface area contributed by atoms with E-state index < -0.39 is 0 Å². The number of anilines is 1. The van der Waals surface area contributed by atoms with Crippen molar-refractivity contribution in [1.29, 1.82) is 0 Å². The molecule has 1 amide bonds. The molecule has 0 unspecified atom stereocenters. The number of halogens is 2. The lowest BCUT2D eigenvalue weighted by molar-refractivity contribution is -0.122. The molecule has 0 atom stereocenters. The first-order chi connectivity index (χ1) is 11.6. The summed E-state index contributed by atoms with van der Waals surface area (Å²) in [7, 11) is 1.85. The highest BCUT2D eigenvalue weighted by Gasteiger charge is 2.04. The van der Waals surface area contributed by atoms with Crippen LogP contribution < -0.4 is 15.4 Å². The van der Waals surface area contributed by atoms with Crippen molar-refractivity contribution >= 4 is 46.6 Å². The van der Waals surface area contributed by atoms with Gasteiger partial charge in [-0.1, -0.05) is 23.2 Å². The van der Waals surface area contributed by atoms with Crippen LogP contribution in [0.5, 0.6) is 5.75 Å². The summed E-state index contributed by atoms with van der Waals surface area (Å²) in [6, 6.07) is 12.9. The smallest absolute Gasteiger partial charge is 0.257 e. The Labute approximate surface area is 155 Å². The fourth-order valence-electron chi connectivity index (χ4n) is 1.84. The number of thioether (sulfide) groups is 1. The van der Waals surface area contributed by atoms with E-state index >= 15 is 0 Å². The summed E-state index contributed by atoms with van der Waals surface area (Å²) in [6.45, 7) is 0.544. The summed E-state index contributed by atoms with van der Waals surface area (Å²) in [5, 5.41) is 6.90. The average Bonchev–Trinajstić information content (AvgIpc) is 2.60. The monoisotopic (exact) mass is 384 g/mol. The first kappa shape index (κ1) is 18.8. The molecule has 2 N–H and O–H groups in total. The molecule has 0 aliphatic heterocycles. The van der Waals surface area contributed by atoms with E-state index in [-0.39, 0.29) is 12.5 Å². The average molecular weight is 385 g/mol. The molecule has 128 valence electrons. The molecule has 0 aliphatic carbocycles. The van der Waals surface area contributed by atoms with Gasteiger partial charge in [-0.05, 0) is 42.5 Å². The van der Waals surface area contributed by atoms with Crippen LogP contribution >= 0.6 is 35.0 Å². The molecule has 0 saturated heterocycles. The molecular formula is C17H18Cl2N2O2S. The minimum absolute atomic E-state index is 0.00363. The molecule has 0 fully saturated rings. The molecule has 2 aromatic carbocycles. The lowest BCUT2D eigenvalue weighted by Crippen LogP contribution is -2.30. The molecule has 0 aromatic heterocycles. The number of amides is 1. The first-order valence-electron chi connectivity index (χ1n) is 7.33. The highest BCUT2D eigenvalue weighted by Crippen LogP contribution is 2.27. The van der Waals surface area contributed by atoms with Crippen molar-refractivity contribution in [2.45, 2.75) is 4.90 Å². The summed E-state index contributed by atoms with van der Waals surface area (Å²) in [5.41, 5.74) is 0.992.